The molecule has 3 aliphatic rings. The largest absolute Gasteiger partial charge is 0.379 e. The van der Waals surface area contributed by atoms with E-state index in [1.807, 2.05) is 31.2 Å². The van der Waals surface area contributed by atoms with Gasteiger partial charge in [-0.1, -0.05) is 0 Å². The molecule has 2 unspecified atom stereocenters. The van der Waals surface area contributed by atoms with Crippen molar-refractivity contribution in [3.8, 4) is 0 Å². The monoisotopic (exact) mass is 536 g/mol. The van der Waals surface area contributed by atoms with Gasteiger partial charge >= 0.3 is 0 Å². The molecule has 0 spiro atoms. The average molecular weight is 536 g/mol. The first kappa shape index (κ1) is 23.1. The number of aromatic nitrogens is 2. The fourth-order valence-corrected chi connectivity index (χ4v) is 5.84. The van der Waals surface area contributed by atoms with Crippen molar-refractivity contribution in [2.75, 3.05) is 71.1 Å². The van der Waals surface area contributed by atoms with Crippen molar-refractivity contribution in [1.82, 2.24) is 24.9 Å². The summed E-state index contributed by atoms with van der Waals surface area (Å²) in [6.07, 6.45) is 5.20. The van der Waals surface area contributed by atoms with Crippen molar-refractivity contribution in [2.24, 2.45) is 12.0 Å². The quantitative estimate of drug-likeness (QED) is 0.353. The Morgan fingerprint density at radius 1 is 1.34 bits per heavy atom. The lowest BCUT2D eigenvalue weighted by atomic mass is 9.95. The van der Waals surface area contributed by atoms with Crippen LogP contribution >= 0.6 is 35.7 Å². The number of aryl methyl sites for hydroxylation is 1. The van der Waals surface area contributed by atoms with Gasteiger partial charge in [0, 0.05) is 63.3 Å². The molecule has 0 aliphatic carbocycles. The second kappa shape index (κ2) is 10.7. The first-order valence-electron chi connectivity index (χ1n) is 10.2. The van der Waals surface area contributed by atoms with Gasteiger partial charge in [-0.3, -0.25) is 14.6 Å². The summed E-state index contributed by atoms with van der Waals surface area (Å²) in [5, 5.41) is 7.99. The molecule has 0 radical (unpaired) electrons. The number of hydrogen-bond donors (Lipinski definition) is 1. The standard InChI is InChI=1S/C19H32N6O2S.HI/c1-20-18(24-4-9-27-17(13-24)16-11-22-23(2)12-16)21-14-19(3-10-28-15-19)25-5-7-26-8-6-25;/h11-12,17H,3-10,13-15H2,1-2H3,(H,20,21);1H. The van der Waals surface area contributed by atoms with E-state index in [0.29, 0.717) is 6.61 Å². The van der Waals surface area contributed by atoms with Crippen molar-refractivity contribution >= 4 is 41.7 Å². The maximum Gasteiger partial charge on any atom is 0.193 e. The summed E-state index contributed by atoms with van der Waals surface area (Å²) in [6.45, 7) is 7.03. The highest BCUT2D eigenvalue weighted by Crippen LogP contribution is 2.33. The van der Waals surface area contributed by atoms with E-state index in [1.54, 1.807) is 0 Å². The molecular formula is C19H33IN6O2S. The van der Waals surface area contributed by atoms with Crippen LogP contribution in [0.4, 0.5) is 0 Å². The number of rotatable bonds is 4. The summed E-state index contributed by atoms with van der Waals surface area (Å²) in [5.74, 6) is 3.39. The number of nitrogens with zero attached hydrogens (tertiary/aromatic N) is 5. The van der Waals surface area contributed by atoms with E-state index in [-0.39, 0.29) is 35.6 Å². The maximum absolute atomic E-state index is 5.99. The number of hydrogen-bond acceptors (Lipinski definition) is 6. The molecule has 3 saturated heterocycles. The van der Waals surface area contributed by atoms with Crippen LogP contribution in [0, 0.1) is 0 Å². The molecule has 1 aromatic rings. The molecule has 2 atom stereocenters. The molecule has 8 nitrogen and oxygen atoms in total. The van der Waals surface area contributed by atoms with Gasteiger partial charge in [0.2, 0.25) is 0 Å². The molecule has 10 heteroatoms. The normalized spacial score (nSPS) is 29.0. The molecule has 164 valence electrons. The summed E-state index contributed by atoms with van der Waals surface area (Å²) in [4.78, 5) is 9.54. The smallest absolute Gasteiger partial charge is 0.193 e. The molecule has 3 fully saturated rings. The predicted octanol–water partition coefficient (Wildman–Crippen LogP) is 1.19. The molecule has 29 heavy (non-hydrogen) atoms. The van der Waals surface area contributed by atoms with Crippen molar-refractivity contribution in [1.29, 1.82) is 0 Å². The highest BCUT2D eigenvalue weighted by molar-refractivity contribution is 14.0. The Kier molecular flexibility index (Phi) is 8.49. The van der Waals surface area contributed by atoms with Gasteiger partial charge in [-0.15, -0.1) is 24.0 Å². The number of morpholine rings is 2. The number of ether oxygens (including phenoxy) is 2. The Bertz CT molecular complexity index is 675. The van der Waals surface area contributed by atoms with Crippen LogP contribution in [-0.2, 0) is 16.5 Å². The van der Waals surface area contributed by atoms with Crippen LogP contribution in [0.5, 0.6) is 0 Å². The first-order valence-corrected chi connectivity index (χ1v) is 11.3. The van der Waals surface area contributed by atoms with E-state index in [9.17, 15) is 0 Å². The number of aliphatic imine (C=N–C) groups is 1. The summed E-state index contributed by atoms with van der Waals surface area (Å²) in [6, 6.07) is 0. The molecular weight excluding hydrogens is 503 g/mol. The van der Waals surface area contributed by atoms with Crippen LogP contribution in [0.25, 0.3) is 0 Å². The maximum atomic E-state index is 5.99. The van der Waals surface area contributed by atoms with E-state index < -0.39 is 0 Å². The van der Waals surface area contributed by atoms with Gasteiger partial charge in [0.15, 0.2) is 5.96 Å². The average Bonchev–Trinajstić information content (AvgIpc) is 3.39. The van der Waals surface area contributed by atoms with Crippen LogP contribution in [0.1, 0.15) is 18.1 Å². The van der Waals surface area contributed by atoms with E-state index in [4.69, 9.17) is 9.47 Å². The van der Waals surface area contributed by atoms with Gasteiger partial charge in [0.1, 0.15) is 6.10 Å². The zero-order chi connectivity index (χ0) is 19.4. The second-order valence-corrected chi connectivity index (χ2v) is 8.89. The Morgan fingerprint density at radius 2 is 2.17 bits per heavy atom. The van der Waals surface area contributed by atoms with Crippen molar-refractivity contribution in [2.45, 2.75) is 18.1 Å². The Labute approximate surface area is 194 Å². The summed E-state index contributed by atoms with van der Waals surface area (Å²) in [7, 11) is 3.82. The SMILES string of the molecule is CN=C(NCC1(N2CCOCC2)CCSC1)N1CCOC(c2cnn(C)c2)C1.I. The van der Waals surface area contributed by atoms with Gasteiger partial charge in [-0.05, 0) is 12.2 Å². The van der Waals surface area contributed by atoms with Crippen molar-refractivity contribution < 1.29 is 9.47 Å². The molecule has 3 aliphatic heterocycles. The molecule has 0 bridgehead atoms. The first-order chi connectivity index (χ1) is 13.7. The zero-order valence-electron chi connectivity index (χ0n) is 17.4. The highest BCUT2D eigenvalue weighted by Gasteiger charge is 2.41. The van der Waals surface area contributed by atoms with Gasteiger partial charge in [-0.2, -0.15) is 16.9 Å². The van der Waals surface area contributed by atoms with E-state index >= 15 is 0 Å². The van der Waals surface area contributed by atoms with E-state index in [2.05, 4.69) is 37.0 Å². The third-order valence-corrected chi connectivity index (χ3v) is 7.25. The lowest BCUT2D eigenvalue weighted by molar-refractivity contribution is -0.0150. The van der Waals surface area contributed by atoms with Crippen LogP contribution in [0.2, 0.25) is 0 Å². The molecule has 0 saturated carbocycles. The van der Waals surface area contributed by atoms with Crippen LogP contribution in [-0.4, -0.2) is 102 Å². The van der Waals surface area contributed by atoms with Crippen LogP contribution in [0.3, 0.4) is 0 Å². The third kappa shape index (κ3) is 5.38. The van der Waals surface area contributed by atoms with Gasteiger partial charge in [0.05, 0.1) is 32.6 Å². The van der Waals surface area contributed by atoms with Gasteiger partial charge in [-0.25, -0.2) is 0 Å². The molecule has 4 heterocycles. The lowest BCUT2D eigenvalue weighted by Crippen LogP contribution is -2.60. The van der Waals surface area contributed by atoms with Crippen molar-refractivity contribution in [3.63, 3.8) is 0 Å². The molecule has 1 N–H and O–H groups in total. The third-order valence-electron chi connectivity index (χ3n) is 6.01. The Hall–Kier alpha value is -0.560. The van der Waals surface area contributed by atoms with Gasteiger partial charge < -0.3 is 19.7 Å². The minimum atomic E-state index is 0. The summed E-state index contributed by atoms with van der Waals surface area (Å²) in [5.41, 5.74) is 1.33. The Balaban J connectivity index is 0.00000240. The number of thioether (sulfide) groups is 1. The topological polar surface area (TPSA) is 67.2 Å². The van der Waals surface area contributed by atoms with Crippen molar-refractivity contribution in [3.05, 3.63) is 18.0 Å². The molecule has 1 aromatic heterocycles. The minimum absolute atomic E-state index is 0. The van der Waals surface area contributed by atoms with Gasteiger partial charge in [0.25, 0.3) is 0 Å². The molecule has 4 rings (SSSR count). The predicted molar refractivity (Wildman–Crippen MR) is 127 cm³/mol. The fourth-order valence-electron chi connectivity index (χ4n) is 4.36. The lowest BCUT2D eigenvalue weighted by Gasteiger charge is -2.44. The Morgan fingerprint density at radius 3 is 2.83 bits per heavy atom. The fraction of sp³-hybridized carbons (Fsp3) is 0.789. The number of nitrogens with one attached hydrogen (secondary N) is 1. The summed E-state index contributed by atoms with van der Waals surface area (Å²) < 4.78 is 13.4. The summed E-state index contributed by atoms with van der Waals surface area (Å²) >= 11 is 2.06. The molecule has 0 aromatic carbocycles. The number of guanidine groups is 1. The van der Waals surface area contributed by atoms with Crippen LogP contribution in [0.15, 0.2) is 17.4 Å². The highest BCUT2D eigenvalue weighted by atomic mass is 127. The van der Waals surface area contributed by atoms with E-state index in [0.717, 1.165) is 57.5 Å². The number of halogens is 1. The molecule has 0 amide bonds. The zero-order valence-corrected chi connectivity index (χ0v) is 20.5. The van der Waals surface area contributed by atoms with E-state index in [1.165, 1.54) is 17.9 Å². The minimum Gasteiger partial charge on any atom is -0.379 e. The second-order valence-electron chi connectivity index (χ2n) is 7.78. The van der Waals surface area contributed by atoms with Crippen LogP contribution < -0.4 is 5.32 Å².